The zero-order chi connectivity index (χ0) is 14.0. The SMILES string of the molecule is CCc1nc(C(C)(CCC(C)C)NC2CC2)sc1C. The Morgan fingerprint density at radius 1 is 1.42 bits per heavy atom. The van der Waals surface area contributed by atoms with Crippen LogP contribution in [0.25, 0.3) is 0 Å². The lowest BCUT2D eigenvalue weighted by Crippen LogP contribution is -2.41. The molecular weight excluding hydrogens is 252 g/mol. The monoisotopic (exact) mass is 280 g/mol. The molecule has 0 saturated heterocycles. The van der Waals surface area contributed by atoms with Gasteiger partial charge in [-0.3, -0.25) is 0 Å². The standard InChI is InChI=1S/C16H28N2S/c1-6-14-12(4)19-15(17-14)16(5,10-9-11(2)3)18-13-7-8-13/h11,13,18H,6-10H2,1-5H3. The fraction of sp³-hybridized carbons (Fsp3) is 0.812. The van der Waals surface area contributed by atoms with Crippen molar-refractivity contribution in [1.82, 2.24) is 10.3 Å². The van der Waals surface area contributed by atoms with E-state index in [1.165, 1.54) is 41.3 Å². The Morgan fingerprint density at radius 3 is 2.58 bits per heavy atom. The molecule has 1 saturated carbocycles. The van der Waals surface area contributed by atoms with E-state index >= 15 is 0 Å². The predicted octanol–water partition coefficient (Wildman–Crippen LogP) is 4.42. The van der Waals surface area contributed by atoms with Crippen LogP contribution < -0.4 is 5.32 Å². The van der Waals surface area contributed by atoms with Gasteiger partial charge < -0.3 is 5.32 Å². The summed E-state index contributed by atoms with van der Waals surface area (Å²) in [4.78, 5) is 6.31. The molecule has 1 aliphatic carbocycles. The van der Waals surface area contributed by atoms with Gasteiger partial charge in [-0.15, -0.1) is 11.3 Å². The van der Waals surface area contributed by atoms with Crippen molar-refractivity contribution in [2.24, 2.45) is 5.92 Å². The average Bonchev–Trinajstić information content (AvgIpc) is 3.07. The van der Waals surface area contributed by atoms with E-state index in [2.05, 4.69) is 39.9 Å². The van der Waals surface area contributed by atoms with Crippen LogP contribution in [-0.4, -0.2) is 11.0 Å². The fourth-order valence-corrected chi connectivity index (χ4v) is 3.63. The maximum atomic E-state index is 4.92. The summed E-state index contributed by atoms with van der Waals surface area (Å²) in [7, 11) is 0. The van der Waals surface area contributed by atoms with E-state index in [-0.39, 0.29) is 5.54 Å². The highest BCUT2D eigenvalue weighted by Crippen LogP contribution is 2.36. The average molecular weight is 280 g/mol. The molecule has 2 nitrogen and oxygen atoms in total. The molecule has 1 fully saturated rings. The molecule has 0 amide bonds. The highest BCUT2D eigenvalue weighted by molar-refractivity contribution is 7.11. The van der Waals surface area contributed by atoms with E-state index in [0.29, 0.717) is 0 Å². The second-order valence-electron chi connectivity index (χ2n) is 6.56. The molecule has 1 N–H and O–H groups in total. The van der Waals surface area contributed by atoms with Crippen molar-refractivity contribution in [1.29, 1.82) is 0 Å². The van der Waals surface area contributed by atoms with Crippen molar-refractivity contribution < 1.29 is 0 Å². The van der Waals surface area contributed by atoms with Gasteiger partial charge >= 0.3 is 0 Å². The summed E-state index contributed by atoms with van der Waals surface area (Å²) in [6.45, 7) is 11.4. The van der Waals surface area contributed by atoms with Gasteiger partial charge in [-0.1, -0.05) is 20.8 Å². The third-order valence-corrected chi connectivity index (χ3v) is 5.30. The minimum Gasteiger partial charge on any atom is -0.303 e. The van der Waals surface area contributed by atoms with Gasteiger partial charge in [-0.2, -0.15) is 0 Å². The number of aryl methyl sites for hydroxylation is 2. The topological polar surface area (TPSA) is 24.9 Å². The van der Waals surface area contributed by atoms with Crippen LogP contribution >= 0.6 is 11.3 Å². The fourth-order valence-electron chi connectivity index (χ4n) is 2.49. The highest BCUT2D eigenvalue weighted by atomic mass is 32.1. The lowest BCUT2D eigenvalue weighted by Gasteiger charge is -2.30. The predicted molar refractivity (Wildman–Crippen MR) is 83.8 cm³/mol. The number of hydrogen-bond acceptors (Lipinski definition) is 3. The molecule has 1 unspecified atom stereocenters. The normalized spacial score (nSPS) is 18.8. The number of hydrogen-bond donors (Lipinski definition) is 1. The van der Waals surface area contributed by atoms with Gasteiger partial charge in [0.25, 0.3) is 0 Å². The highest BCUT2D eigenvalue weighted by Gasteiger charge is 2.36. The lowest BCUT2D eigenvalue weighted by atomic mass is 9.92. The molecule has 1 aromatic heterocycles. The maximum Gasteiger partial charge on any atom is 0.113 e. The third kappa shape index (κ3) is 3.79. The first-order valence-corrected chi connectivity index (χ1v) is 8.50. The van der Waals surface area contributed by atoms with Gasteiger partial charge in [0.2, 0.25) is 0 Å². The summed E-state index contributed by atoms with van der Waals surface area (Å²) in [5, 5.41) is 5.15. The Balaban J connectivity index is 2.18. The van der Waals surface area contributed by atoms with E-state index < -0.39 is 0 Å². The smallest absolute Gasteiger partial charge is 0.113 e. The molecule has 1 aliphatic rings. The van der Waals surface area contributed by atoms with E-state index in [0.717, 1.165) is 18.4 Å². The molecule has 0 aromatic carbocycles. The lowest BCUT2D eigenvalue weighted by molar-refractivity contribution is 0.307. The molecule has 19 heavy (non-hydrogen) atoms. The first kappa shape index (κ1) is 15.0. The summed E-state index contributed by atoms with van der Waals surface area (Å²) in [6.07, 6.45) is 6.17. The minimum absolute atomic E-state index is 0.0777. The van der Waals surface area contributed by atoms with Crippen LogP contribution in [0.4, 0.5) is 0 Å². The van der Waals surface area contributed by atoms with Gasteiger partial charge in [0.05, 0.1) is 11.2 Å². The first-order valence-electron chi connectivity index (χ1n) is 7.69. The van der Waals surface area contributed by atoms with Gasteiger partial charge in [-0.05, 0) is 51.9 Å². The van der Waals surface area contributed by atoms with Crippen LogP contribution in [0, 0.1) is 12.8 Å². The van der Waals surface area contributed by atoms with Crippen LogP contribution in [0.1, 0.15) is 69.0 Å². The van der Waals surface area contributed by atoms with Crippen LogP contribution in [0.15, 0.2) is 0 Å². The molecule has 0 aliphatic heterocycles. The molecule has 0 spiro atoms. The maximum absolute atomic E-state index is 4.92. The number of thiazole rings is 1. The molecular formula is C16H28N2S. The van der Waals surface area contributed by atoms with Gasteiger partial charge in [0.1, 0.15) is 5.01 Å². The summed E-state index contributed by atoms with van der Waals surface area (Å²) >= 11 is 1.89. The zero-order valence-corrected chi connectivity index (χ0v) is 13.9. The van der Waals surface area contributed by atoms with Crippen molar-refractivity contribution in [3.05, 3.63) is 15.6 Å². The molecule has 1 heterocycles. The molecule has 3 heteroatoms. The van der Waals surface area contributed by atoms with E-state index in [1.807, 2.05) is 11.3 Å². The van der Waals surface area contributed by atoms with Crippen molar-refractivity contribution >= 4 is 11.3 Å². The summed E-state index contributed by atoms with van der Waals surface area (Å²) in [5.41, 5.74) is 1.36. The Hall–Kier alpha value is -0.410. The molecule has 0 bridgehead atoms. The van der Waals surface area contributed by atoms with E-state index in [4.69, 9.17) is 4.98 Å². The number of nitrogens with zero attached hydrogens (tertiary/aromatic N) is 1. The zero-order valence-electron chi connectivity index (χ0n) is 13.0. The number of aromatic nitrogens is 1. The quantitative estimate of drug-likeness (QED) is 0.800. The van der Waals surface area contributed by atoms with Crippen molar-refractivity contribution in [3.63, 3.8) is 0 Å². The van der Waals surface area contributed by atoms with Gasteiger partial charge in [0.15, 0.2) is 0 Å². The summed E-state index contributed by atoms with van der Waals surface area (Å²) < 4.78 is 0. The van der Waals surface area contributed by atoms with Crippen LogP contribution in [0.3, 0.4) is 0 Å². The largest absolute Gasteiger partial charge is 0.303 e. The Bertz CT molecular complexity index is 420. The molecule has 108 valence electrons. The van der Waals surface area contributed by atoms with Crippen LogP contribution in [0.2, 0.25) is 0 Å². The van der Waals surface area contributed by atoms with E-state index in [1.54, 1.807) is 0 Å². The first-order chi connectivity index (χ1) is 8.94. The molecule has 2 rings (SSSR count). The summed E-state index contributed by atoms with van der Waals surface area (Å²) in [6, 6.07) is 0.728. The van der Waals surface area contributed by atoms with Crippen molar-refractivity contribution in [3.8, 4) is 0 Å². The molecule has 1 atom stereocenters. The Kier molecular flexibility index (Phi) is 4.67. The van der Waals surface area contributed by atoms with Gasteiger partial charge in [-0.25, -0.2) is 4.98 Å². The third-order valence-electron chi connectivity index (χ3n) is 4.02. The number of nitrogens with one attached hydrogen (secondary N) is 1. The summed E-state index contributed by atoms with van der Waals surface area (Å²) in [5.74, 6) is 0.757. The van der Waals surface area contributed by atoms with Crippen molar-refractivity contribution in [2.75, 3.05) is 0 Å². The second kappa shape index (κ2) is 5.92. The van der Waals surface area contributed by atoms with E-state index in [9.17, 15) is 0 Å². The molecule has 1 aromatic rings. The number of rotatable bonds is 7. The Labute approximate surface area is 122 Å². The van der Waals surface area contributed by atoms with Crippen molar-refractivity contribution in [2.45, 2.75) is 78.3 Å². The van der Waals surface area contributed by atoms with Crippen LogP contribution in [0.5, 0.6) is 0 Å². The van der Waals surface area contributed by atoms with Gasteiger partial charge in [0, 0.05) is 10.9 Å². The minimum atomic E-state index is 0.0777. The Morgan fingerprint density at radius 2 is 2.11 bits per heavy atom. The van der Waals surface area contributed by atoms with Crippen LogP contribution in [-0.2, 0) is 12.0 Å². The second-order valence-corrected chi connectivity index (χ2v) is 7.76. The molecule has 0 radical (unpaired) electrons.